The zero-order valence-electron chi connectivity index (χ0n) is 19.8. The summed E-state index contributed by atoms with van der Waals surface area (Å²) in [7, 11) is -2.24. The maximum atomic E-state index is 13.3. The van der Waals surface area contributed by atoms with E-state index in [4.69, 9.17) is 4.74 Å². The number of aryl methyl sites for hydroxylation is 1. The first-order valence-electron chi connectivity index (χ1n) is 11.6. The van der Waals surface area contributed by atoms with Crippen molar-refractivity contribution in [3.05, 3.63) is 45.1 Å². The molecule has 2 N–H and O–H groups in total. The fraction of sp³-hybridized carbons (Fsp3) is 0.478. The van der Waals surface area contributed by atoms with Crippen molar-refractivity contribution in [2.24, 2.45) is 7.05 Å². The normalized spacial score (nSPS) is 15.1. The first-order valence-corrected chi connectivity index (χ1v) is 13.0. The van der Waals surface area contributed by atoms with Gasteiger partial charge in [0.2, 0.25) is 10.0 Å². The average Bonchev–Trinajstić information content (AvgIpc) is 3.29. The molecule has 3 heterocycles. The highest BCUT2D eigenvalue weighted by atomic mass is 32.2. The number of nitrogens with zero attached hydrogens (tertiary/aromatic N) is 3. The summed E-state index contributed by atoms with van der Waals surface area (Å²) in [5, 5.41) is 3.16. The molecule has 10 nitrogen and oxygen atoms in total. The largest absolute Gasteiger partial charge is 0.493 e. The minimum atomic E-state index is -3.70. The number of nitrogens with one attached hydrogen (secondary N) is 2. The van der Waals surface area contributed by atoms with Crippen molar-refractivity contribution in [2.75, 3.05) is 32.8 Å². The molecule has 0 saturated carbocycles. The molecule has 4 rings (SSSR count). The standard InChI is InChI=1S/C23H31N5O5S/c1-4-10-28-19-15-18(25-21(19)22(29)26(3)23(28)30)17-14-16(6-7-20(17)33-13-5-2)34(31,32)27-11-8-24-9-12-27/h6-7,14-15,24-25H,4-5,8-13H2,1-3H3. The van der Waals surface area contributed by atoms with Gasteiger partial charge in [0.15, 0.2) is 0 Å². The molecule has 0 radical (unpaired) electrons. The molecule has 0 spiro atoms. The van der Waals surface area contributed by atoms with E-state index in [0.29, 0.717) is 67.4 Å². The molecule has 3 aromatic rings. The van der Waals surface area contributed by atoms with Crippen molar-refractivity contribution in [3.63, 3.8) is 0 Å². The van der Waals surface area contributed by atoms with Gasteiger partial charge < -0.3 is 15.0 Å². The van der Waals surface area contributed by atoms with E-state index in [2.05, 4.69) is 10.3 Å². The van der Waals surface area contributed by atoms with E-state index in [1.165, 1.54) is 11.4 Å². The Balaban J connectivity index is 1.90. The molecule has 184 valence electrons. The maximum Gasteiger partial charge on any atom is 0.331 e. The maximum absolute atomic E-state index is 13.3. The summed E-state index contributed by atoms with van der Waals surface area (Å²) in [4.78, 5) is 28.8. The van der Waals surface area contributed by atoms with E-state index in [1.54, 1.807) is 28.8 Å². The molecule has 0 atom stereocenters. The van der Waals surface area contributed by atoms with Crippen molar-refractivity contribution in [3.8, 4) is 17.0 Å². The minimum Gasteiger partial charge on any atom is -0.493 e. The number of piperazine rings is 1. The second-order valence-electron chi connectivity index (χ2n) is 8.40. The van der Waals surface area contributed by atoms with Gasteiger partial charge >= 0.3 is 5.69 Å². The third kappa shape index (κ3) is 4.30. The number of ether oxygens (including phenoxy) is 1. The molecule has 0 bridgehead atoms. The number of H-pyrrole nitrogens is 1. The Morgan fingerprint density at radius 3 is 2.47 bits per heavy atom. The van der Waals surface area contributed by atoms with Gasteiger partial charge in [0, 0.05) is 45.3 Å². The Hall–Kier alpha value is -2.89. The summed E-state index contributed by atoms with van der Waals surface area (Å²) < 4.78 is 36.6. The van der Waals surface area contributed by atoms with Crippen LogP contribution in [0.15, 0.2) is 38.8 Å². The van der Waals surface area contributed by atoms with Crippen LogP contribution in [0.1, 0.15) is 26.7 Å². The summed E-state index contributed by atoms with van der Waals surface area (Å²) >= 11 is 0. The fourth-order valence-electron chi connectivity index (χ4n) is 4.19. The van der Waals surface area contributed by atoms with Gasteiger partial charge in [-0.15, -0.1) is 0 Å². The van der Waals surface area contributed by atoms with Crippen molar-refractivity contribution < 1.29 is 13.2 Å². The quantitative estimate of drug-likeness (QED) is 0.495. The minimum absolute atomic E-state index is 0.158. The van der Waals surface area contributed by atoms with Gasteiger partial charge in [0.05, 0.1) is 22.7 Å². The predicted octanol–water partition coefficient (Wildman–Crippen LogP) is 1.49. The van der Waals surface area contributed by atoms with Gasteiger partial charge in [0.25, 0.3) is 5.56 Å². The lowest BCUT2D eigenvalue weighted by atomic mass is 10.1. The van der Waals surface area contributed by atoms with Gasteiger partial charge in [-0.25, -0.2) is 13.2 Å². The molecular weight excluding hydrogens is 458 g/mol. The van der Waals surface area contributed by atoms with Gasteiger partial charge in [-0.3, -0.25) is 13.9 Å². The first-order chi connectivity index (χ1) is 16.3. The van der Waals surface area contributed by atoms with Crippen molar-refractivity contribution in [2.45, 2.75) is 38.1 Å². The molecule has 0 amide bonds. The summed E-state index contributed by atoms with van der Waals surface area (Å²) in [6, 6.07) is 6.52. The molecule has 1 aliphatic rings. The summed E-state index contributed by atoms with van der Waals surface area (Å²) in [6.07, 6.45) is 1.50. The molecule has 1 saturated heterocycles. The van der Waals surface area contributed by atoms with Crippen LogP contribution in [0.4, 0.5) is 0 Å². The van der Waals surface area contributed by atoms with E-state index in [1.807, 2.05) is 13.8 Å². The molecular formula is C23H31N5O5S. The third-order valence-electron chi connectivity index (χ3n) is 5.99. The number of benzene rings is 1. The number of fused-ring (bicyclic) bond motifs is 1. The number of rotatable bonds is 8. The Morgan fingerprint density at radius 2 is 1.79 bits per heavy atom. The lowest BCUT2D eigenvalue weighted by Gasteiger charge is -2.27. The SMILES string of the molecule is CCCOc1ccc(S(=O)(=O)N2CCNCC2)cc1-c1cc2c([nH]1)c(=O)n(C)c(=O)n2CCC. The zero-order valence-corrected chi connectivity index (χ0v) is 20.6. The molecule has 1 fully saturated rings. The van der Waals surface area contributed by atoms with Crippen LogP contribution in [0.25, 0.3) is 22.3 Å². The first kappa shape index (κ1) is 24.2. The summed E-state index contributed by atoms with van der Waals surface area (Å²) in [5.74, 6) is 0.508. The summed E-state index contributed by atoms with van der Waals surface area (Å²) in [5.41, 5.74) is 1.01. The van der Waals surface area contributed by atoms with Crippen LogP contribution in [-0.2, 0) is 23.6 Å². The highest BCUT2D eigenvalue weighted by Gasteiger charge is 2.27. The van der Waals surface area contributed by atoms with Crippen LogP contribution in [0.2, 0.25) is 0 Å². The van der Waals surface area contributed by atoms with Crippen LogP contribution in [0.3, 0.4) is 0 Å². The van der Waals surface area contributed by atoms with Gasteiger partial charge in [-0.2, -0.15) is 4.31 Å². The van der Waals surface area contributed by atoms with Crippen LogP contribution in [0.5, 0.6) is 5.75 Å². The Bertz CT molecular complexity index is 1410. The van der Waals surface area contributed by atoms with E-state index in [0.717, 1.165) is 17.4 Å². The van der Waals surface area contributed by atoms with Crippen LogP contribution in [-0.4, -0.2) is 59.6 Å². The molecule has 2 aromatic heterocycles. The second kappa shape index (κ2) is 9.77. The molecule has 1 aromatic carbocycles. The highest BCUT2D eigenvalue weighted by Crippen LogP contribution is 2.34. The molecule has 34 heavy (non-hydrogen) atoms. The van der Waals surface area contributed by atoms with E-state index in [9.17, 15) is 18.0 Å². The Morgan fingerprint density at radius 1 is 1.06 bits per heavy atom. The lowest BCUT2D eigenvalue weighted by Crippen LogP contribution is -2.46. The average molecular weight is 490 g/mol. The van der Waals surface area contributed by atoms with Gasteiger partial charge in [-0.1, -0.05) is 13.8 Å². The van der Waals surface area contributed by atoms with E-state index in [-0.39, 0.29) is 10.6 Å². The van der Waals surface area contributed by atoms with Crippen molar-refractivity contribution in [1.82, 2.24) is 23.7 Å². The number of sulfonamides is 1. The number of hydrogen-bond acceptors (Lipinski definition) is 6. The zero-order chi connectivity index (χ0) is 24.5. The summed E-state index contributed by atoms with van der Waals surface area (Å²) in [6.45, 7) is 6.86. The highest BCUT2D eigenvalue weighted by molar-refractivity contribution is 7.89. The van der Waals surface area contributed by atoms with Crippen molar-refractivity contribution >= 4 is 21.1 Å². The molecule has 0 unspecified atom stereocenters. The number of aromatic amines is 1. The Kier molecular flexibility index (Phi) is 6.96. The van der Waals surface area contributed by atoms with Crippen LogP contribution >= 0.6 is 0 Å². The Labute approximate surface area is 198 Å². The van der Waals surface area contributed by atoms with Gasteiger partial charge in [0.1, 0.15) is 11.3 Å². The van der Waals surface area contributed by atoms with E-state index >= 15 is 0 Å². The fourth-order valence-corrected chi connectivity index (χ4v) is 5.66. The van der Waals surface area contributed by atoms with E-state index < -0.39 is 15.6 Å². The monoisotopic (exact) mass is 489 g/mol. The molecule has 11 heteroatoms. The van der Waals surface area contributed by atoms with Crippen LogP contribution < -0.4 is 21.3 Å². The van der Waals surface area contributed by atoms with Gasteiger partial charge in [-0.05, 0) is 37.1 Å². The molecule has 0 aliphatic carbocycles. The smallest absolute Gasteiger partial charge is 0.331 e. The number of hydrogen-bond donors (Lipinski definition) is 2. The predicted molar refractivity (Wildman–Crippen MR) is 131 cm³/mol. The molecule has 1 aliphatic heterocycles. The van der Waals surface area contributed by atoms with Crippen molar-refractivity contribution in [1.29, 1.82) is 0 Å². The second-order valence-corrected chi connectivity index (χ2v) is 10.3. The topological polar surface area (TPSA) is 118 Å². The third-order valence-corrected chi connectivity index (χ3v) is 7.88. The van der Waals surface area contributed by atoms with Crippen LogP contribution in [0, 0.1) is 0 Å². The lowest BCUT2D eigenvalue weighted by molar-refractivity contribution is 0.318. The number of aromatic nitrogens is 3.